The van der Waals surface area contributed by atoms with E-state index in [1.807, 2.05) is 41.1 Å². The number of thiophene rings is 1. The normalized spacial score (nSPS) is 17.1. The van der Waals surface area contributed by atoms with Crippen molar-refractivity contribution >= 4 is 46.8 Å². The van der Waals surface area contributed by atoms with Gasteiger partial charge in [-0.2, -0.15) is 16.4 Å². The molecule has 1 aromatic heterocycles. The zero-order valence-corrected chi connectivity index (χ0v) is 13.1. The molecular formula is C15H13N3O2S2. The minimum atomic E-state index is -0.439. The Bertz CT molecular complexity index is 713. The summed E-state index contributed by atoms with van der Waals surface area (Å²) in [7, 11) is 0. The lowest BCUT2D eigenvalue weighted by molar-refractivity contribution is -0.124. The summed E-state index contributed by atoms with van der Waals surface area (Å²) >= 11 is 2.96. The summed E-state index contributed by atoms with van der Waals surface area (Å²) in [6, 6.07) is 9.46. The molecule has 3 rings (SSSR count). The van der Waals surface area contributed by atoms with Crippen LogP contribution in [0.2, 0.25) is 0 Å². The van der Waals surface area contributed by atoms with Gasteiger partial charge < -0.3 is 5.32 Å². The highest BCUT2D eigenvalue weighted by atomic mass is 32.2. The second-order valence-corrected chi connectivity index (χ2v) is 6.67. The van der Waals surface area contributed by atoms with E-state index < -0.39 is 5.25 Å². The van der Waals surface area contributed by atoms with Gasteiger partial charge in [0.1, 0.15) is 0 Å². The van der Waals surface area contributed by atoms with E-state index in [0.29, 0.717) is 0 Å². The maximum atomic E-state index is 12.0. The fraction of sp³-hybridized carbons (Fsp3) is 0.133. The van der Waals surface area contributed by atoms with Crippen LogP contribution >= 0.6 is 23.1 Å². The average Bonchev–Trinajstić information content (AvgIpc) is 3.01. The first-order chi connectivity index (χ1) is 10.7. The van der Waals surface area contributed by atoms with Crippen LogP contribution in [0.4, 0.5) is 5.69 Å². The van der Waals surface area contributed by atoms with Crippen LogP contribution in [0, 0.1) is 0 Å². The quantitative estimate of drug-likeness (QED) is 0.668. The number of carbonyl (C=O) groups is 2. The third-order valence-electron chi connectivity index (χ3n) is 3.02. The van der Waals surface area contributed by atoms with Crippen molar-refractivity contribution in [3.8, 4) is 0 Å². The molecule has 0 bridgehead atoms. The standard InChI is InChI=1S/C15H13N3O2S2/c19-14(18-16-8-10-5-6-21-9-10)7-13-15(20)17-11-3-1-2-4-12(11)22-13/h1-6,8-9,13H,7H2,(H,17,20)(H,18,19)/b16-8-/t13-/m1/s1. The van der Waals surface area contributed by atoms with E-state index in [0.717, 1.165) is 16.1 Å². The largest absolute Gasteiger partial charge is 0.324 e. The second-order valence-electron chi connectivity index (χ2n) is 4.65. The molecule has 2 N–H and O–H groups in total. The lowest BCUT2D eigenvalue weighted by Crippen LogP contribution is -2.33. The van der Waals surface area contributed by atoms with E-state index in [2.05, 4.69) is 15.8 Å². The Kier molecular flexibility index (Phi) is 4.55. The second kappa shape index (κ2) is 6.76. The lowest BCUT2D eigenvalue weighted by atomic mass is 10.2. The number of nitrogens with one attached hydrogen (secondary N) is 2. The molecule has 1 aliphatic heterocycles. The minimum Gasteiger partial charge on any atom is -0.324 e. The highest BCUT2D eigenvalue weighted by Gasteiger charge is 2.28. The number of anilines is 1. The third kappa shape index (κ3) is 3.55. The maximum absolute atomic E-state index is 12.0. The predicted molar refractivity (Wildman–Crippen MR) is 89.4 cm³/mol. The van der Waals surface area contributed by atoms with Gasteiger partial charge in [0.05, 0.1) is 17.2 Å². The van der Waals surface area contributed by atoms with Crippen LogP contribution in [0.1, 0.15) is 12.0 Å². The Morgan fingerprint density at radius 3 is 3.05 bits per heavy atom. The van der Waals surface area contributed by atoms with Crippen molar-refractivity contribution in [1.82, 2.24) is 5.43 Å². The van der Waals surface area contributed by atoms with Gasteiger partial charge in [-0.25, -0.2) is 5.43 Å². The number of benzene rings is 1. The van der Waals surface area contributed by atoms with Gasteiger partial charge in [-0.3, -0.25) is 9.59 Å². The Morgan fingerprint density at radius 1 is 1.36 bits per heavy atom. The lowest BCUT2D eigenvalue weighted by Gasteiger charge is -2.23. The molecule has 1 aliphatic rings. The average molecular weight is 331 g/mol. The van der Waals surface area contributed by atoms with Gasteiger partial charge >= 0.3 is 0 Å². The molecule has 7 heteroatoms. The van der Waals surface area contributed by atoms with Crippen LogP contribution in [0.5, 0.6) is 0 Å². The highest BCUT2D eigenvalue weighted by Crippen LogP contribution is 2.36. The summed E-state index contributed by atoms with van der Waals surface area (Å²) in [4.78, 5) is 24.9. The molecule has 0 radical (unpaired) electrons. The van der Waals surface area contributed by atoms with Crippen LogP contribution in [0.25, 0.3) is 0 Å². The van der Waals surface area contributed by atoms with Gasteiger partial charge in [0.25, 0.3) is 0 Å². The Balaban J connectivity index is 1.57. The van der Waals surface area contributed by atoms with Gasteiger partial charge in [-0.05, 0) is 29.0 Å². The topological polar surface area (TPSA) is 70.6 Å². The van der Waals surface area contributed by atoms with Crippen LogP contribution in [0.15, 0.2) is 51.1 Å². The van der Waals surface area contributed by atoms with E-state index in [1.165, 1.54) is 11.8 Å². The van der Waals surface area contributed by atoms with E-state index in [1.54, 1.807) is 17.6 Å². The third-order valence-corrected chi connectivity index (χ3v) is 5.00. The molecule has 0 saturated carbocycles. The fourth-order valence-corrected chi connectivity index (χ4v) is 3.69. The van der Waals surface area contributed by atoms with Crippen molar-refractivity contribution in [2.45, 2.75) is 16.6 Å². The molecule has 112 valence electrons. The molecule has 0 aliphatic carbocycles. The molecule has 2 heterocycles. The van der Waals surface area contributed by atoms with Crippen molar-refractivity contribution in [3.05, 3.63) is 46.7 Å². The van der Waals surface area contributed by atoms with Gasteiger partial charge in [0.15, 0.2) is 0 Å². The number of carbonyl (C=O) groups excluding carboxylic acids is 2. The summed E-state index contributed by atoms with van der Waals surface area (Å²) in [6.07, 6.45) is 1.67. The maximum Gasteiger partial charge on any atom is 0.241 e. The van der Waals surface area contributed by atoms with E-state index in [4.69, 9.17) is 0 Å². The summed E-state index contributed by atoms with van der Waals surface area (Å²) in [5, 5.41) is 10.1. The molecule has 0 spiro atoms. The monoisotopic (exact) mass is 331 g/mol. The zero-order chi connectivity index (χ0) is 15.4. The number of amides is 2. The summed E-state index contributed by atoms with van der Waals surface area (Å²) in [5.41, 5.74) is 4.18. The first-order valence-electron chi connectivity index (χ1n) is 6.63. The SMILES string of the molecule is O=C(C[C@H]1Sc2ccccc2NC1=O)N/N=C\c1ccsc1. The molecule has 1 atom stereocenters. The van der Waals surface area contributed by atoms with Crippen LogP contribution < -0.4 is 10.7 Å². The van der Waals surface area contributed by atoms with Crippen LogP contribution in [0.3, 0.4) is 0 Å². The van der Waals surface area contributed by atoms with Crippen LogP contribution in [-0.2, 0) is 9.59 Å². The van der Waals surface area contributed by atoms with Crippen molar-refractivity contribution in [2.75, 3.05) is 5.32 Å². The number of hydrazone groups is 1. The summed E-state index contributed by atoms with van der Waals surface area (Å²) in [5.74, 6) is -0.431. The molecule has 1 aromatic carbocycles. The molecule has 5 nitrogen and oxygen atoms in total. The van der Waals surface area contributed by atoms with Crippen molar-refractivity contribution < 1.29 is 9.59 Å². The Morgan fingerprint density at radius 2 is 2.23 bits per heavy atom. The number of hydrogen-bond donors (Lipinski definition) is 2. The fourth-order valence-electron chi connectivity index (χ4n) is 1.97. The van der Waals surface area contributed by atoms with E-state index in [9.17, 15) is 9.59 Å². The first-order valence-corrected chi connectivity index (χ1v) is 8.45. The van der Waals surface area contributed by atoms with Gasteiger partial charge in [0, 0.05) is 16.9 Å². The summed E-state index contributed by atoms with van der Waals surface area (Å²) < 4.78 is 0. The highest BCUT2D eigenvalue weighted by molar-refractivity contribution is 8.01. The number of hydrogen-bond acceptors (Lipinski definition) is 5. The molecule has 0 unspecified atom stereocenters. The summed E-state index contributed by atoms with van der Waals surface area (Å²) in [6.45, 7) is 0. The van der Waals surface area contributed by atoms with E-state index >= 15 is 0 Å². The minimum absolute atomic E-state index is 0.0891. The van der Waals surface area contributed by atoms with Crippen molar-refractivity contribution in [2.24, 2.45) is 5.10 Å². The molecular weight excluding hydrogens is 318 g/mol. The van der Waals surface area contributed by atoms with Gasteiger partial charge in [0.2, 0.25) is 11.8 Å². The predicted octanol–water partition coefficient (Wildman–Crippen LogP) is 2.70. The van der Waals surface area contributed by atoms with Gasteiger partial charge in [-0.15, -0.1) is 11.8 Å². The number of thioether (sulfide) groups is 1. The molecule has 22 heavy (non-hydrogen) atoms. The smallest absolute Gasteiger partial charge is 0.241 e. The molecule has 2 amide bonds. The van der Waals surface area contributed by atoms with Crippen molar-refractivity contribution in [1.29, 1.82) is 0 Å². The van der Waals surface area contributed by atoms with Gasteiger partial charge in [-0.1, -0.05) is 12.1 Å². The van der Waals surface area contributed by atoms with Crippen LogP contribution in [-0.4, -0.2) is 23.3 Å². The van der Waals surface area contributed by atoms with E-state index in [-0.39, 0.29) is 18.2 Å². The zero-order valence-electron chi connectivity index (χ0n) is 11.5. The number of para-hydroxylation sites is 1. The Hall–Kier alpha value is -2.12. The molecule has 0 fully saturated rings. The molecule has 0 saturated heterocycles. The first kappa shape index (κ1) is 14.8. The van der Waals surface area contributed by atoms with Crippen molar-refractivity contribution in [3.63, 3.8) is 0 Å². The molecule has 2 aromatic rings. The Labute approximate surface area is 135 Å². The number of nitrogens with zero attached hydrogens (tertiary/aromatic N) is 1. The number of rotatable bonds is 4. The number of fused-ring (bicyclic) bond motifs is 1.